The Labute approximate surface area is 94.1 Å². The van der Waals surface area contributed by atoms with Crippen molar-refractivity contribution in [3.8, 4) is 0 Å². The first-order chi connectivity index (χ1) is 7.04. The summed E-state index contributed by atoms with van der Waals surface area (Å²) >= 11 is 5.95. The van der Waals surface area contributed by atoms with E-state index in [1.165, 1.54) is 6.07 Å². The molecule has 0 aliphatic carbocycles. The maximum absolute atomic E-state index is 10.7. The quantitative estimate of drug-likeness (QED) is 0.830. The number of halogens is 1. The number of nitrogens with one attached hydrogen (secondary N) is 1. The van der Waals surface area contributed by atoms with Gasteiger partial charge in [-0.2, -0.15) is 0 Å². The van der Waals surface area contributed by atoms with Crippen LogP contribution in [0.4, 0.5) is 5.69 Å². The Morgan fingerprint density at radius 3 is 2.73 bits per heavy atom. The molecule has 0 radical (unpaired) electrons. The standard InChI is InChI=1S/C11H14ClNO2/c1-3-7(2)13-10-5-4-8(11(14)15)6-9(10)12/h4-7,13H,3H2,1-2H3,(H,14,15). The maximum Gasteiger partial charge on any atom is 0.335 e. The highest BCUT2D eigenvalue weighted by molar-refractivity contribution is 6.33. The smallest absolute Gasteiger partial charge is 0.335 e. The molecule has 1 aromatic rings. The average Bonchev–Trinajstić information content (AvgIpc) is 2.20. The van der Waals surface area contributed by atoms with Crippen molar-refractivity contribution < 1.29 is 9.90 Å². The first-order valence-electron chi connectivity index (χ1n) is 4.84. The molecule has 1 rings (SSSR count). The van der Waals surface area contributed by atoms with E-state index in [2.05, 4.69) is 12.2 Å². The van der Waals surface area contributed by atoms with Gasteiger partial charge in [-0.15, -0.1) is 0 Å². The van der Waals surface area contributed by atoms with E-state index in [-0.39, 0.29) is 5.56 Å². The second kappa shape index (κ2) is 5.03. The minimum atomic E-state index is -0.966. The van der Waals surface area contributed by atoms with Crippen molar-refractivity contribution in [3.63, 3.8) is 0 Å². The van der Waals surface area contributed by atoms with Crippen molar-refractivity contribution in [1.82, 2.24) is 0 Å². The van der Waals surface area contributed by atoms with E-state index in [1.807, 2.05) is 6.92 Å². The van der Waals surface area contributed by atoms with E-state index in [0.29, 0.717) is 11.1 Å². The highest BCUT2D eigenvalue weighted by atomic mass is 35.5. The van der Waals surface area contributed by atoms with Crippen LogP contribution in [-0.4, -0.2) is 17.1 Å². The van der Waals surface area contributed by atoms with Crippen LogP contribution in [0.3, 0.4) is 0 Å². The molecule has 0 spiro atoms. The molecule has 0 aliphatic rings. The van der Waals surface area contributed by atoms with Gasteiger partial charge in [0.25, 0.3) is 0 Å². The molecule has 1 aromatic carbocycles. The summed E-state index contributed by atoms with van der Waals surface area (Å²) < 4.78 is 0. The molecule has 0 heterocycles. The van der Waals surface area contributed by atoms with Crippen molar-refractivity contribution in [2.45, 2.75) is 26.3 Å². The Morgan fingerprint density at radius 2 is 2.27 bits per heavy atom. The third-order valence-electron chi connectivity index (χ3n) is 2.23. The number of carboxylic acid groups (broad SMARTS) is 1. The van der Waals surface area contributed by atoms with Crippen LogP contribution in [0.15, 0.2) is 18.2 Å². The van der Waals surface area contributed by atoms with Crippen LogP contribution in [-0.2, 0) is 0 Å². The SMILES string of the molecule is CCC(C)Nc1ccc(C(=O)O)cc1Cl. The monoisotopic (exact) mass is 227 g/mol. The van der Waals surface area contributed by atoms with Crippen molar-refractivity contribution in [3.05, 3.63) is 28.8 Å². The molecule has 4 heteroatoms. The third kappa shape index (κ3) is 3.13. The van der Waals surface area contributed by atoms with Gasteiger partial charge >= 0.3 is 5.97 Å². The zero-order valence-electron chi connectivity index (χ0n) is 8.75. The molecule has 0 aliphatic heterocycles. The van der Waals surface area contributed by atoms with Crippen LogP contribution in [0.25, 0.3) is 0 Å². The van der Waals surface area contributed by atoms with Crippen molar-refractivity contribution in [2.75, 3.05) is 5.32 Å². The first kappa shape index (κ1) is 11.9. The molecule has 1 unspecified atom stereocenters. The van der Waals surface area contributed by atoms with Gasteiger partial charge in [0.1, 0.15) is 0 Å². The van der Waals surface area contributed by atoms with Crippen LogP contribution >= 0.6 is 11.6 Å². The molecule has 0 aromatic heterocycles. The Balaban J connectivity index is 2.88. The van der Waals surface area contributed by atoms with Crippen LogP contribution in [0.5, 0.6) is 0 Å². The van der Waals surface area contributed by atoms with Crippen LogP contribution in [0.2, 0.25) is 5.02 Å². The lowest BCUT2D eigenvalue weighted by Crippen LogP contribution is -2.13. The second-order valence-electron chi connectivity index (χ2n) is 3.45. The summed E-state index contributed by atoms with van der Waals surface area (Å²) in [6.45, 7) is 4.11. The van der Waals surface area contributed by atoms with Gasteiger partial charge in [0.15, 0.2) is 0 Å². The number of carboxylic acids is 1. The van der Waals surface area contributed by atoms with E-state index in [4.69, 9.17) is 16.7 Å². The fourth-order valence-corrected chi connectivity index (χ4v) is 1.37. The highest BCUT2D eigenvalue weighted by Crippen LogP contribution is 2.24. The fraction of sp³-hybridized carbons (Fsp3) is 0.364. The van der Waals surface area contributed by atoms with Gasteiger partial charge in [-0.05, 0) is 31.5 Å². The van der Waals surface area contributed by atoms with Crippen LogP contribution in [0, 0.1) is 0 Å². The van der Waals surface area contributed by atoms with E-state index in [0.717, 1.165) is 12.1 Å². The summed E-state index contributed by atoms with van der Waals surface area (Å²) in [5.74, 6) is -0.966. The number of benzene rings is 1. The number of aromatic carboxylic acids is 1. The van der Waals surface area contributed by atoms with Gasteiger partial charge in [0.05, 0.1) is 16.3 Å². The molecule has 0 saturated heterocycles. The fourth-order valence-electron chi connectivity index (χ4n) is 1.13. The summed E-state index contributed by atoms with van der Waals surface area (Å²) in [6, 6.07) is 5.00. The maximum atomic E-state index is 10.7. The van der Waals surface area contributed by atoms with E-state index < -0.39 is 5.97 Å². The number of anilines is 1. The lowest BCUT2D eigenvalue weighted by Gasteiger charge is -2.14. The molecular weight excluding hydrogens is 214 g/mol. The van der Waals surface area contributed by atoms with E-state index in [1.54, 1.807) is 12.1 Å². The molecule has 3 nitrogen and oxygen atoms in total. The predicted octanol–water partition coefficient (Wildman–Crippen LogP) is 3.25. The Hall–Kier alpha value is -1.22. The molecule has 0 bridgehead atoms. The predicted molar refractivity (Wildman–Crippen MR) is 61.8 cm³/mol. The Kier molecular flexibility index (Phi) is 3.97. The van der Waals surface area contributed by atoms with Crippen molar-refractivity contribution >= 4 is 23.3 Å². The summed E-state index contributed by atoms with van der Waals surface area (Å²) in [7, 11) is 0. The first-order valence-corrected chi connectivity index (χ1v) is 5.21. The highest BCUT2D eigenvalue weighted by Gasteiger charge is 2.08. The lowest BCUT2D eigenvalue weighted by atomic mass is 10.2. The zero-order valence-corrected chi connectivity index (χ0v) is 9.51. The molecule has 1 atom stereocenters. The zero-order chi connectivity index (χ0) is 11.4. The summed E-state index contributed by atoms with van der Waals surface area (Å²) in [5.41, 5.74) is 0.978. The van der Waals surface area contributed by atoms with E-state index >= 15 is 0 Å². The second-order valence-corrected chi connectivity index (χ2v) is 3.86. The molecule has 15 heavy (non-hydrogen) atoms. The van der Waals surface area contributed by atoms with Gasteiger partial charge in [-0.1, -0.05) is 18.5 Å². The lowest BCUT2D eigenvalue weighted by molar-refractivity contribution is 0.0697. The molecule has 82 valence electrons. The normalized spacial score (nSPS) is 12.2. The van der Waals surface area contributed by atoms with Gasteiger partial charge in [0, 0.05) is 6.04 Å². The van der Waals surface area contributed by atoms with Crippen LogP contribution < -0.4 is 5.32 Å². The van der Waals surface area contributed by atoms with Gasteiger partial charge in [0.2, 0.25) is 0 Å². The minimum Gasteiger partial charge on any atom is -0.478 e. The molecule has 0 fully saturated rings. The minimum absolute atomic E-state index is 0.203. The average molecular weight is 228 g/mol. The largest absolute Gasteiger partial charge is 0.478 e. The number of hydrogen-bond donors (Lipinski definition) is 2. The molecule has 0 saturated carbocycles. The summed E-state index contributed by atoms with van der Waals surface area (Å²) in [4.78, 5) is 10.7. The molecule has 0 amide bonds. The van der Waals surface area contributed by atoms with E-state index in [9.17, 15) is 4.79 Å². The van der Waals surface area contributed by atoms with Crippen molar-refractivity contribution in [2.24, 2.45) is 0 Å². The molecule has 2 N–H and O–H groups in total. The number of rotatable bonds is 4. The van der Waals surface area contributed by atoms with Gasteiger partial charge in [-0.3, -0.25) is 0 Å². The Morgan fingerprint density at radius 1 is 1.60 bits per heavy atom. The Bertz CT molecular complexity index is 366. The van der Waals surface area contributed by atoms with Gasteiger partial charge in [-0.25, -0.2) is 4.79 Å². The summed E-state index contributed by atoms with van der Waals surface area (Å²) in [5, 5.41) is 12.4. The molecular formula is C11H14ClNO2. The topological polar surface area (TPSA) is 49.3 Å². The third-order valence-corrected chi connectivity index (χ3v) is 2.54. The van der Waals surface area contributed by atoms with Crippen LogP contribution in [0.1, 0.15) is 30.6 Å². The number of hydrogen-bond acceptors (Lipinski definition) is 2. The van der Waals surface area contributed by atoms with Crippen molar-refractivity contribution in [1.29, 1.82) is 0 Å². The number of carbonyl (C=O) groups is 1. The van der Waals surface area contributed by atoms with Gasteiger partial charge < -0.3 is 10.4 Å². The summed E-state index contributed by atoms with van der Waals surface area (Å²) in [6.07, 6.45) is 0.983.